The van der Waals surface area contributed by atoms with Crippen LogP contribution in [0.2, 0.25) is 0 Å². The summed E-state index contributed by atoms with van der Waals surface area (Å²) in [6.07, 6.45) is 3.96. The standard InChI is InChI=1S/C12H15BrFNS/c1-16-5-4-15-12-3-2-9-10(12)6-8(13)7-11(9)14/h6-7,12,15H,2-5H2,1H3. The molecule has 1 N–H and O–H groups in total. The molecule has 0 heterocycles. The highest BCUT2D eigenvalue weighted by Crippen LogP contribution is 2.34. The molecule has 2 rings (SSSR count). The van der Waals surface area contributed by atoms with Gasteiger partial charge in [0.05, 0.1) is 0 Å². The van der Waals surface area contributed by atoms with Crippen LogP contribution in [0, 0.1) is 5.82 Å². The van der Waals surface area contributed by atoms with Crippen molar-refractivity contribution < 1.29 is 4.39 Å². The predicted octanol–water partition coefficient (Wildman–Crippen LogP) is 3.53. The van der Waals surface area contributed by atoms with E-state index >= 15 is 0 Å². The van der Waals surface area contributed by atoms with Crippen molar-refractivity contribution in [2.75, 3.05) is 18.6 Å². The molecule has 0 saturated heterocycles. The third-order valence-corrected chi connectivity index (χ3v) is 4.02. The van der Waals surface area contributed by atoms with E-state index in [9.17, 15) is 4.39 Å². The second-order valence-electron chi connectivity index (χ2n) is 3.99. The molecule has 0 fully saturated rings. The van der Waals surface area contributed by atoms with E-state index in [1.807, 2.05) is 17.8 Å². The van der Waals surface area contributed by atoms with Gasteiger partial charge < -0.3 is 5.32 Å². The van der Waals surface area contributed by atoms with E-state index in [0.29, 0.717) is 6.04 Å². The number of benzene rings is 1. The molecule has 1 aliphatic carbocycles. The number of nitrogens with one attached hydrogen (secondary N) is 1. The van der Waals surface area contributed by atoms with Crippen molar-refractivity contribution in [3.05, 3.63) is 33.5 Å². The molecule has 0 saturated carbocycles. The molecule has 1 aromatic rings. The maximum Gasteiger partial charge on any atom is 0.127 e. The van der Waals surface area contributed by atoms with E-state index in [1.165, 1.54) is 0 Å². The molecule has 0 spiro atoms. The normalized spacial score (nSPS) is 18.8. The highest BCUT2D eigenvalue weighted by Gasteiger charge is 2.24. The lowest BCUT2D eigenvalue weighted by Gasteiger charge is -2.14. The predicted molar refractivity (Wildman–Crippen MR) is 71.5 cm³/mol. The number of halogens is 2. The number of rotatable bonds is 4. The molecule has 1 unspecified atom stereocenters. The summed E-state index contributed by atoms with van der Waals surface area (Å²) in [4.78, 5) is 0. The van der Waals surface area contributed by atoms with E-state index in [2.05, 4.69) is 27.5 Å². The molecule has 0 aromatic heterocycles. The topological polar surface area (TPSA) is 12.0 Å². The zero-order valence-corrected chi connectivity index (χ0v) is 11.6. The fraction of sp³-hybridized carbons (Fsp3) is 0.500. The van der Waals surface area contributed by atoms with Gasteiger partial charge in [-0.1, -0.05) is 15.9 Å². The van der Waals surface area contributed by atoms with Gasteiger partial charge in [0, 0.05) is 22.8 Å². The molecule has 0 amide bonds. The molecular weight excluding hydrogens is 289 g/mol. The lowest BCUT2D eigenvalue weighted by molar-refractivity contribution is 0.551. The van der Waals surface area contributed by atoms with Crippen molar-refractivity contribution in [3.63, 3.8) is 0 Å². The van der Waals surface area contributed by atoms with Gasteiger partial charge in [-0.15, -0.1) is 0 Å². The zero-order valence-electron chi connectivity index (χ0n) is 9.22. The van der Waals surface area contributed by atoms with Crippen LogP contribution in [-0.4, -0.2) is 18.6 Å². The van der Waals surface area contributed by atoms with E-state index in [0.717, 1.165) is 40.7 Å². The molecule has 4 heteroatoms. The Morgan fingerprint density at radius 1 is 1.56 bits per heavy atom. The number of thioether (sulfide) groups is 1. The lowest BCUT2D eigenvalue weighted by Crippen LogP contribution is -2.21. The van der Waals surface area contributed by atoms with Crippen LogP contribution in [0.5, 0.6) is 0 Å². The minimum Gasteiger partial charge on any atom is -0.309 e. The SMILES string of the molecule is CSCCNC1CCc2c(F)cc(Br)cc21. The van der Waals surface area contributed by atoms with Crippen molar-refractivity contribution in [1.29, 1.82) is 0 Å². The van der Waals surface area contributed by atoms with Gasteiger partial charge in [0.1, 0.15) is 5.82 Å². The van der Waals surface area contributed by atoms with Crippen LogP contribution in [-0.2, 0) is 6.42 Å². The highest BCUT2D eigenvalue weighted by atomic mass is 79.9. The Morgan fingerprint density at radius 3 is 3.12 bits per heavy atom. The average molecular weight is 304 g/mol. The summed E-state index contributed by atoms with van der Waals surface area (Å²) in [7, 11) is 0. The highest BCUT2D eigenvalue weighted by molar-refractivity contribution is 9.10. The number of fused-ring (bicyclic) bond motifs is 1. The van der Waals surface area contributed by atoms with Crippen molar-refractivity contribution in [2.45, 2.75) is 18.9 Å². The van der Waals surface area contributed by atoms with Gasteiger partial charge in [-0.25, -0.2) is 4.39 Å². The summed E-state index contributed by atoms with van der Waals surface area (Å²) in [5, 5.41) is 3.48. The summed E-state index contributed by atoms with van der Waals surface area (Å²) in [5.41, 5.74) is 2.03. The summed E-state index contributed by atoms with van der Waals surface area (Å²) < 4.78 is 14.5. The Morgan fingerprint density at radius 2 is 2.38 bits per heavy atom. The van der Waals surface area contributed by atoms with Crippen LogP contribution in [0.4, 0.5) is 4.39 Å². The Bertz CT molecular complexity index is 384. The summed E-state index contributed by atoms with van der Waals surface area (Å²) in [6.45, 7) is 0.986. The molecule has 0 radical (unpaired) electrons. The number of hydrogen-bond acceptors (Lipinski definition) is 2. The van der Waals surface area contributed by atoms with Crippen LogP contribution < -0.4 is 5.32 Å². The Kier molecular flexibility index (Phi) is 4.27. The first kappa shape index (κ1) is 12.4. The second-order valence-corrected chi connectivity index (χ2v) is 5.89. The van der Waals surface area contributed by atoms with Gasteiger partial charge in [0.25, 0.3) is 0 Å². The van der Waals surface area contributed by atoms with Crippen molar-refractivity contribution in [3.8, 4) is 0 Å². The van der Waals surface area contributed by atoms with Gasteiger partial charge in [0.15, 0.2) is 0 Å². The monoisotopic (exact) mass is 303 g/mol. The van der Waals surface area contributed by atoms with Crippen LogP contribution in [0.15, 0.2) is 16.6 Å². The molecule has 88 valence electrons. The van der Waals surface area contributed by atoms with Crippen LogP contribution in [0.1, 0.15) is 23.6 Å². The van der Waals surface area contributed by atoms with Crippen molar-refractivity contribution >= 4 is 27.7 Å². The fourth-order valence-electron chi connectivity index (χ4n) is 2.19. The molecule has 0 bridgehead atoms. The molecule has 0 aliphatic heterocycles. The maximum absolute atomic E-state index is 13.7. The van der Waals surface area contributed by atoms with Gasteiger partial charge in [-0.2, -0.15) is 11.8 Å². The van der Waals surface area contributed by atoms with E-state index < -0.39 is 0 Å². The summed E-state index contributed by atoms with van der Waals surface area (Å²) in [6, 6.07) is 3.93. The quantitative estimate of drug-likeness (QED) is 0.854. The molecule has 1 atom stereocenters. The average Bonchev–Trinajstić information content (AvgIpc) is 2.62. The Labute approximate surface area is 108 Å². The van der Waals surface area contributed by atoms with E-state index in [1.54, 1.807) is 6.07 Å². The van der Waals surface area contributed by atoms with Crippen LogP contribution in [0.25, 0.3) is 0 Å². The summed E-state index contributed by atoms with van der Waals surface area (Å²) >= 11 is 5.18. The first-order valence-corrected chi connectivity index (χ1v) is 7.61. The van der Waals surface area contributed by atoms with Gasteiger partial charge >= 0.3 is 0 Å². The second kappa shape index (κ2) is 5.52. The Balaban J connectivity index is 2.12. The third-order valence-electron chi connectivity index (χ3n) is 2.95. The van der Waals surface area contributed by atoms with Gasteiger partial charge in [-0.05, 0) is 42.4 Å². The molecular formula is C12H15BrFNS. The smallest absolute Gasteiger partial charge is 0.127 e. The molecule has 1 nitrogen and oxygen atoms in total. The first-order valence-electron chi connectivity index (χ1n) is 5.42. The Hall–Kier alpha value is -0.0600. The molecule has 16 heavy (non-hydrogen) atoms. The maximum atomic E-state index is 13.7. The minimum absolute atomic E-state index is 0.0708. The van der Waals surface area contributed by atoms with Crippen molar-refractivity contribution in [2.24, 2.45) is 0 Å². The van der Waals surface area contributed by atoms with Gasteiger partial charge in [0.2, 0.25) is 0 Å². The van der Waals surface area contributed by atoms with Crippen molar-refractivity contribution in [1.82, 2.24) is 5.32 Å². The molecule has 1 aliphatic rings. The van der Waals surface area contributed by atoms with Crippen LogP contribution >= 0.6 is 27.7 Å². The van der Waals surface area contributed by atoms with E-state index in [-0.39, 0.29) is 5.82 Å². The number of hydrogen-bond donors (Lipinski definition) is 1. The summed E-state index contributed by atoms with van der Waals surface area (Å²) in [5.74, 6) is 1.03. The third kappa shape index (κ3) is 2.60. The minimum atomic E-state index is -0.0708. The fourth-order valence-corrected chi connectivity index (χ4v) is 2.96. The van der Waals surface area contributed by atoms with E-state index in [4.69, 9.17) is 0 Å². The zero-order chi connectivity index (χ0) is 11.5. The van der Waals surface area contributed by atoms with Gasteiger partial charge in [-0.3, -0.25) is 0 Å². The first-order chi connectivity index (χ1) is 7.72. The van der Waals surface area contributed by atoms with Crippen LogP contribution in [0.3, 0.4) is 0 Å². The largest absolute Gasteiger partial charge is 0.309 e. The molecule has 1 aromatic carbocycles. The lowest BCUT2D eigenvalue weighted by atomic mass is 10.1.